The molecule has 0 aliphatic carbocycles. The van der Waals surface area contributed by atoms with Crippen molar-refractivity contribution < 1.29 is 27.5 Å². The lowest BCUT2D eigenvalue weighted by Gasteiger charge is -2.05. The molecule has 1 aromatic carbocycles. The molecule has 8 heteroatoms. The molecule has 0 spiro atoms. The quantitative estimate of drug-likeness (QED) is 0.883. The highest BCUT2D eigenvalue weighted by Crippen LogP contribution is 2.24. The average Bonchev–Trinajstić information content (AvgIpc) is 2.74. The van der Waals surface area contributed by atoms with Crippen LogP contribution in [0.2, 0.25) is 0 Å². The van der Waals surface area contributed by atoms with Crippen molar-refractivity contribution in [2.24, 2.45) is 0 Å². The summed E-state index contributed by atoms with van der Waals surface area (Å²) in [7, 11) is 0. The Morgan fingerprint density at radius 3 is 2.60 bits per heavy atom. The molecule has 0 fully saturated rings. The number of carbonyl (C=O) groups is 1. The molecule has 0 aliphatic heterocycles. The van der Waals surface area contributed by atoms with Crippen LogP contribution < -0.4 is 0 Å². The first kappa shape index (κ1) is 14.0. The number of aromatic nitrogens is 2. The van der Waals surface area contributed by atoms with Crippen molar-refractivity contribution in [3.05, 3.63) is 42.0 Å². The van der Waals surface area contributed by atoms with Gasteiger partial charge in [0.05, 0.1) is 11.8 Å². The lowest BCUT2D eigenvalue weighted by Crippen LogP contribution is -2.17. The third-order valence-electron chi connectivity index (χ3n) is 2.50. The van der Waals surface area contributed by atoms with Crippen LogP contribution >= 0.6 is 0 Å². The molecule has 0 radical (unpaired) electrons. The number of hydrogen-bond acceptors (Lipinski definition) is 2. The second-order valence-corrected chi connectivity index (χ2v) is 4.04. The first-order valence-electron chi connectivity index (χ1n) is 5.39. The summed E-state index contributed by atoms with van der Waals surface area (Å²) in [6, 6.07) is 3.16. The number of halogens is 4. The van der Waals surface area contributed by atoms with Gasteiger partial charge in [-0.1, -0.05) is 6.07 Å². The second kappa shape index (κ2) is 4.95. The van der Waals surface area contributed by atoms with E-state index in [0.717, 1.165) is 18.5 Å². The fourth-order valence-corrected chi connectivity index (χ4v) is 1.66. The molecule has 2 rings (SSSR count). The smallest absolute Gasteiger partial charge is 0.408 e. The molecular weight excluding hydrogens is 280 g/mol. The second-order valence-electron chi connectivity index (χ2n) is 4.04. The lowest BCUT2D eigenvalue weighted by molar-refractivity contribution is -0.142. The van der Waals surface area contributed by atoms with E-state index in [1.807, 2.05) is 0 Å². The van der Waals surface area contributed by atoms with Crippen molar-refractivity contribution in [3.63, 3.8) is 0 Å². The van der Waals surface area contributed by atoms with E-state index in [0.29, 0.717) is 4.68 Å². The monoisotopic (exact) mass is 288 g/mol. The largest absolute Gasteiger partial charge is 0.478 e. The van der Waals surface area contributed by atoms with Crippen LogP contribution in [0.3, 0.4) is 0 Å². The Bertz CT molecular complexity index is 649. The SMILES string of the molecule is O=C(O)c1ccc(-c2cnn(CC(F)(F)F)c2)c(F)c1. The van der Waals surface area contributed by atoms with Crippen LogP contribution in [-0.2, 0) is 6.54 Å². The molecule has 1 aromatic heterocycles. The van der Waals surface area contributed by atoms with E-state index < -0.39 is 24.5 Å². The number of carboxylic acids is 1. The maximum atomic E-state index is 13.7. The van der Waals surface area contributed by atoms with Crippen molar-refractivity contribution in [1.29, 1.82) is 0 Å². The van der Waals surface area contributed by atoms with Gasteiger partial charge in [0.1, 0.15) is 12.4 Å². The minimum absolute atomic E-state index is 0.0107. The number of hydrogen-bond donors (Lipinski definition) is 1. The van der Waals surface area contributed by atoms with E-state index in [9.17, 15) is 22.4 Å². The molecule has 0 atom stereocenters. The predicted molar refractivity (Wildman–Crippen MR) is 60.6 cm³/mol. The van der Waals surface area contributed by atoms with Crippen LogP contribution in [0.1, 0.15) is 10.4 Å². The summed E-state index contributed by atoms with van der Waals surface area (Å²) < 4.78 is 50.9. The average molecular weight is 288 g/mol. The molecule has 0 amide bonds. The molecule has 0 saturated heterocycles. The Kier molecular flexibility index (Phi) is 3.47. The third-order valence-corrected chi connectivity index (χ3v) is 2.50. The van der Waals surface area contributed by atoms with Crippen molar-refractivity contribution >= 4 is 5.97 Å². The Labute approximate surface area is 110 Å². The van der Waals surface area contributed by atoms with Gasteiger partial charge in [0.15, 0.2) is 0 Å². The highest BCUT2D eigenvalue weighted by atomic mass is 19.4. The summed E-state index contributed by atoms with van der Waals surface area (Å²) in [5.74, 6) is -2.13. The van der Waals surface area contributed by atoms with Crippen molar-refractivity contribution in [2.45, 2.75) is 12.7 Å². The first-order chi connectivity index (χ1) is 9.26. The van der Waals surface area contributed by atoms with Gasteiger partial charge < -0.3 is 5.11 Å². The van der Waals surface area contributed by atoms with E-state index in [1.165, 1.54) is 12.1 Å². The van der Waals surface area contributed by atoms with Crippen molar-refractivity contribution in [3.8, 4) is 11.1 Å². The van der Waals surface area contributed by atoms with Crippen molar-refractivity contribution in [1.82, 2.24) is 9.78 Å². The van der Waals surface area contributed by atoms with Crippen LogP contribution in [-0.4, -0.2) is 27.0 Å². The number of aromatic carboxylic acids is 1. The number of alkyl halides is 3. The van der Waals surface area contributed by atoms with Crippen molar-refractivity contribution in [2.75, 3.05) is 0 Å². The summed E-state index contributed by atoms with van der Waals surface area (Å²) in [6.07, 6.45) is -2.29. The zero-order valence-electron chi connectivity index (χ0n) is 9.86. The molecule has 0 saturated carbocycles. The highest BCUT2D eigenvalue weighted by Gasteiger charge is 2.28. The maximum Gasteiger partial charge on any atom is 0.408 e. The molecule has 20 heavy (non-hydrogen) atoms. The molecular formula is C12H8F4N2O2. The molecule has 106 valence electrons. The minimum atomic E-state index is -4.42. The van der Waals surface area contributed by atoms with Gasteiger partial charge in [-0.3, -0.25) is 4.68 Å². The fraction of sp³-hybridized carbons (Fsp3) is 0.167. The summed E-state index contributed by atoms with van der Waals surface area (Å²) in [5, 5.41) is 12.2. The van der Waals surface area contributed by atoms with Gasteiger partial charge in [0.2, 0.25) is 0 Å². The summed E-state index contributed by atoms with van der Waals surface area (Å²) in [4.78, 5) is 10.7. The fourth-order valence-electron chi connectivity index (χ4n) is 1.66. The molecule has 0 aliphatic rings. The normalized spacial score (nSPS) is 11.6. The lowest BCUT2D eigenvalue weighted by atomic mass is 10.1. The van der Waals surface area contributed by atoms with E-state index >= 15 is 0 Å². The molecule has 1 N–H and O–H groups in total. The molecule has 0 bridgehead atoms. The van der Waals surface area contributed by atoms with E-state index in [2.05, 4.69) is 5.10 Å². The number of nitrogens with zero attached hydrogens (tertiary/aromatic N) is 2. The highest BCUT2D eigenvalue weighted by molar-refractivity contribution is 5.88. The summed E-state index contributed by atoms with van der Waals surface area (Å²) in [5.41, 5.74) is -0.110. The van der Waals surface area contributed by atoms with Gasteiger partial charge in [0, 0.05) is 17.3 Å². The van der Waals surface area contributed by atoms with Gasteiger partial charge in [-0.05, 0) is 12.1 Å². The van der Waals surface area contributed by atoms with E-state index in [1.54, 1.807) is 0 Å². The van der Waals surface area contributed by atoms with Crippen LogP contribution in [0.4, 0.5) is 17.6 Å². The Hall–Kier alpha value is -2.38. The van der Waals surface area contributed by atoms with Gasteiger partial charge >= 0.3 is 12.1 Å². The van der Waals surface area contributed by atoms with Crippen LogP contribution in [0.15, 0.2) is 30.6 Å². The molecule has 0 unspecified atom stereocenters. The van der Waals surface area contributed by atoms with E-state index in [-0.39, 0.29) is 16.7 Å². The maximum absolute atomic E-state index is 13.7. The van der Waals surface area contributed by atoms with Gasteiger partial charge in [-0.15, -0.1) is 0 Å². The van der Waals surface area contributed by atoms with Gasteiger partial charge in [0.25, 0.3) is 0 Å². The van der Waals surface area contributed by atoms with Gasteiger partial charge in [-0.25, -0.2) is 9.18 Å². The molecule has 1 heterocycles. The van der Waals surface area contributed by atoms with Gasteiger partial charge in [-0.2, -0.15) is 18.3 Å². The van der Waals surface area contributed by atoms with Crippen LogP contribution in [0, 0.1) is 5.82 Å². The Morgan fingerprint density at radius 1 is 1.35 bits per heavy atom. The number of benzene rings is 1. The standard InChI is InChI=1S/C12H8F4N2O2/c13-10-3-7(11(19)20)1-2-9(10)8-4-17-18(5-8)6-12(14,15)16/h1-5H,6H2,(H,19,20). The molecule has 4 nitrogen and oxygen atoms in total. The summed E-state index contributed by atoms with van der Waals surface area (Å²) in [6.45, 7) is -1.28. The van der Waals surface area contributed by atoms with Crippen LogP contribution in [0.25, 0.3) is 11.1 Å². The predicted octanol–water partition coefficient (Wildman–Crippen LogP) is 2.95. The third kappa shape index (κ3) is 3.14. The van der Waals surface area contributed by atoms with E-state index in [4.69, 9.17) is 5.11 Å². The van der Waals surface area contributed by atoms with Crippen LogP contribution in [0.5, 0.6) is 0 Å². The summed E-state index contributed by atoms with van der Waals surface area (Å²) >= 11 is 0. The first-order valence-corrected chi connectivity index (χ1v) is 5.39. The number of carboxylic acid groups (broad SMARTS) is 1. The molecule has 2 aromatic rings. The Balaban J connectivity index is 2.31. The topological polar surface area (TPSA) is 55.1 Å². The zero-order chi connectivity index (χ0) is 14.9. The number of rotatable bonds is 3. The Morgan fingerprint density at radius 2 is 2.05 bits per heavy atom. The zero-order valence-corrected chi connectivity index (χ0v) is 9.86. The minimum Gasteiger partial charge on any atom is -0.478 e.